The van der Waals surface area contributed by atoms with Crippen LogP contribution in [0.25, 0.3) is 0 Å². The number of aliphatic hydroxyl groups is 1. The summed E-state index contributed by atoms with van der Waals surface area (Å²) in [6, 6.07) is 5.49. The molecular formula is C15H17Cl2NO2. The summed E-state index contributed by atoms with van der Waals surface area (Å²) in [5.74, 6) is 0.503. The molecule has 1 aromatic carbocycles. The maximum Gasteiger partial charge on any atom is 0.226 e. The van der Waals surface area contributed by atoms with Crippen LogP contribution in [-0.2, 0) is 4.79 Å². The molecule has 108 valence electrons. The number of halogens is 2. The summed E-state index contributed by atoms with van der Waals surface area (Å²) in [7, 11) is 0. The van der Waals surface area contributed by atoms with Crippen LogP contribution in [0.2, 0.25) is 10.0 Å². The lowest BCUT2D eigenvalue weighted by Crippen LogP contribution is -2.41. The van der Waals surface area contributed by atoms with Crippen molar-refractivity contribution in [1.29, 1.82) is 0 Å². The molecular weight excluding hydrogens is 297 g/mol. The molecule has 3 nitrogen and oxygen atoms in total. The SMILES string of the molecule is O=C(C1CC1c1cc(Cl)cc(Cl)c1)N1CCC(O)CC1. The van der Waals surface area contributed by atoms with Gasteiger partial charge in [0.05, 0.1) is 6.10 Å². The normalized spacial score (nSPS) is 26.6. The molecule has 2 aliphatic rings. The van der Waals surface area contributed by atoms with Gasteiger partial charge in [-0.2, -0.15) is 0 Å². The van der Waals surface area contributed by atoms with Crippen molar-refractivity contribution in [2.24, 2.45) is 5.92 Å². The van der Waals surface area contributed by atoms with Crippen LogP contribution in [0.4, 0.5) is 0 Å². The van der Waals surface area contributed by atoms with Crippen LogP contribution >= 0.6 is 23.2 Å². The maximum absolute atomic E-state index is 12.4. The van der Waals surface area contributed by atoms with Crippen LogP contribution in [0.3, 0.4) is 0 Å². The van der Waals surface area contributed by atoms with Crippen molar-refractivity contribution in [2.45, 2.75) is 31.3 Å². The van der Waals surface area contributed by atoms with E-state index < -0.39 is 0 Å². The molecule has 1 amide bonds. The van der Waals surface area contributed by atoms with E-state index in [0.717, 1.165) is 12.0 Å². The summed E-state index contributed by atoms with van der Waals surface area (Å²) in [5, 5.41) is 10.7. The molecule has 1 aromatic rings. The van der Waals surface area contributed by atoms with Gasteiger partial charge in [-0.1, -0.05) is 23.2 Å². The topological polar surface area (TPSA) is 40.5 Å². The summed E-state index contributed by atoms with van der Waals surface area (Å²) >= 11 is 12.0. The highest BCUT2D eigenvalue weighted by Crippen LogP contribution is 2.49. The Morgan fingerprint density at radius 1 is 1.15 bits per heavy atom. The second-order valence-electron chi connectivity index (χ2n) is 5.71. The zero-order valence-electron chi connectivity index (χ0n) is 11.1. The molecule has 2 unspecified atom stereocenters. The first-order valence-corrected chi connectivity index (χ1v) is 7.73. The molecule has 0 radical (unpaired) electrons. The smallest absolute Gasteiger partial charge is 0.226 e. The number of likely N-dealkylation sites (tertiary alicyclic amines) is 1. The number of aliphatic hydroxyl groups excluding tert-OH is 1. The average molecular weight is 314 g/mol. The lowest BCUT2D eigenvalue weighted by Gasteiger charge is -2.29. The van der Waals surface area contributed by atoms with Crippen LogP contribution in [0.5, 0.6) is 0 Å². The van der Waals surface area contributed by atoms with Gasteiger partial charge in [0.1, 0.15) is 0 Å². The number of carbonyl (C=O) groups excluding carboxylic acids is 1. The lowest BCUT2D eigenvalue weighted by atomic mass is 10.1. The average Bonchev–Trinajstić information content (AvgIpc) is 3.18. The molecule has 3 rings (SSSR count). The Morgan fingerprint density at radius 2 is 1.75 bits per heavy atom. The third kappa shape index (κ3) is 2.95. The number of hydrogen-bond acceptors (Lipinski definition) is 2. The van der Waals surface area contributed by atoms with Gasteiger partial charge >= 0.3 is 0 Å². The second kappa shape index (κ2) is 5.55. The highest BCUT2D eigenvalue weighted by molar-refractivity contribution is 6.34. The largest absolute Gasteiger partial charge is 0.393 e. The first-order chi connectivity index (χ1) is 9.54. The fourth-order valence-corrected chi connectivity index (χ4v) is 3.49. The highest BCUT2D eigenvalue weighted by Gasteiger charge is 2.46. The van der Waals surface area contributed by atoms with Crippen LogP contribution < -0.4 is 0 Å². The number of nitrogens with zero attached hydrogens (tertiary/aromatic N) is 1. The number of benzene rings is 1. The number of hydrogen-bond donors (Lipinski definition) is 1. The molecule has 1 aliphatic heterocycles. The predicted octanol–water partition coefficient (Wildman–Crippen LogP) is 3.08. The van der Waals surface area contributed by atoms with Crippen molar-refractivity contribution in [3.8, 4) is 0 Å². The molecule has 5 heteroatoms. The van der Waals surface area contributed by atoms with Crippen molar-refractivity contribution in [1.82, 2.24) is 4.90 Å². The van der Waals surface area contributed by atoms with Crippen molar-refractivity contribution in [3.63, 3.8) is 0 Å². The second-order valence-corrected chi connectivity index (χ2v) is 6.58. The van der Waals surface area contributed by atoms with Crippen molar-refractivity contribution in [3.05, 3.63) is 33.8 Å². The third-order valence-corrected chi connectivity index (χ3v) is 4.63. The first kappa shape index (κ1) is 14.2. The molecule has 2 fully saturated rings. The van der Waals surface area contributed by atoms with E-state index in [1.54, 1.807) is 6.07 Å². The molecule has 1 heterocycles. The van der Waals surface area contributed by atoms with Gasteiger partial charge in [0.2, 0.25) is 5.91 Å². The Hall–Kier alpha value is -0.770. The number of rotatable bonds is 2. The molecule has 0 aromatic heterocycles. The van der Waals surface area contributed by atoms with E-state index >= 15 is 0 Å². The van der Waals surface area contributed by atoms with Gasteiger partial charge in [-0.05, 0) is 48.9 Å². The number of amides is 1. The monoisotopic (exact) mass is 313 g/mol. The standard InChI is InChI=1S/C15H17Cl2NO2/c16-10-5-9(6-11(17)7-10)13-8-14(13)15(20)18-3-1-12(19)2-4-18/h5-7,12-14,19H,1-4,8H2. The maximum atomic E-state index is 12.4. The minimum absolute atomic E-state index is 0.0553. The van der Waals surface area contributed by atoms with Gasteiger partial charge in [-0.15, -0.1) is 0 Å². The molecule has 20 heavy (non-hydrogen) atoms. The van der Waals surface area contributed by atoms with Crippen LogP contribution in [0, 0.1) is 5.92 Å². The van der Waals surface area contributed by atoms with Crippen molar-refractivity contribution in [2.75, 3.05) is 13.1 Å². The summed E-state index contributed by atoms with van der Waals surface area (Å²) in [4.78, 5) is 14.3. The van der Waals surface area contributed by atoms with E-state index in [9.17, 15) is 9.90 Å². The van der Waals surface area contributed by atoms with Gasteiger partial charge in [-0.3, -0.25) is 4.79 Å². The fourth-order valence-electron chi connectivity index (χ4n) is 2.95. The molecule has 1 N–H and O–H groups in total. The highest BCUT2D eigenvalue weighted by atomic mass is 35.5. The van der Waals surface area contributed by atoms with Crippen LogP contribution in [0.15, 0.2) is 18.2 Å². The predicted molar refractivity (Wildman–Crippen MR) is 79.1 cm³/mol. The minimum Gasteiger partial charge on any atom is -0.393 e. The van der Waals surface area contributed by atoms with Gasteiger partial charge in [-0.25, -0.2) is 0 Å². The van der Waals surface area contributed by atoms with E-state index in [2.05, 4.69) is 0 Å². The summed E-state index contributed by atoms with van der Waals surface area (Å²) in [6.45, 7) is 1.33. The molecule has 2 atom stereocenters. The zero-order valence-corrected chi connectivity index (χ0v) is 12.6. The third-order valence-electron chi connectivity index (χ3n) is 4.20. The Labute approximate surface area is 128 Å². The summed E-state index contributed by atoms with van der Waals surface area (Å²) < 4.78 is 0. The van der Waals surface area contributed by atoms with Crippen molar-refractivity contribution < 1.29 is 9.90 Å². The van der Waals surface area contributed by atoms with Gasteiger partial charge in [0, 0.05) is 29.1 Å². The minimum atomic E-state index is -0.249. The van der Waals surface area contributed by atoms with Gasteiger partial charge in [0.25, 0.3) is 0 Å². The van der Waals surface area contributed by atoms with Crippen LogP contribution in [0.1, 0.15) is 30.7 Å². The molecule has 1 saturated carbocycles. The van der Waals surface area contributed by atoms with Gasteiger partial charge < -0.3 is 10.0 Å². The number of carbonyl (C=O) groups is 1. The van der Waals surface area contributed by atoms with E-state index in [-0.39, 0.29) is 23.8 Å². The molecule has 1 aliphatic carbocycles. The van der Waals surface area contributed by atoms with E-state index in [1.165, 1.54) is 0 Å². The first-order valence-electron chi connectivity index (χ1n) is 6.97. The van der Waals surface area contributed by atoms with Crippen molar-refractivity contribution >= 4 is 29.1 Å². The lowest BCUT2D eigenvalue weighted by molar-refractivity contribution is -0.134. The Balaban J connectivity index is 1.65. The number of piperidine rings is 1. The summed E-state index contributed by atoms with van der Waals surface area (Å²) in [6.07, 6.45) is 1.99. The van der Waals surface area contributed by atoms with E-state index in [0.29, 0.717) is 36.0 Å². The fraction of sp³-hybridized carbons (Fsp3) is 0.533. The van der Waals surface area contributed by atoms with E-state index in [4.69, 9.17) is 23.2 Å². The molecule has 0 bridgehead atoms. The van der Waals surface area contributed by atoms with E-state index in [1.807, 2.05) is 17.0 Å². The zero-order chi connectivity index (χ0) is 14.3. The quantitative estimate of drug-likeness (QED) is 0.911. The van der Waals surface area contributed by atoms with Gasteiger partial charge in [0.15, 0.2) is 0 Å². The Kier molecular flexibility index (Phi) is 3.93. The molecule has 0 spiro atoms. The Morgan fingerprint density at radius 3 is 2.35 bits per heavy atom. The molecule has 1 saturated heterocycles. The Bertz CT molecular complexity index is 506. The van der Waals surface area contributed by atoms with Crippen LogP contribution in [-0.4, -0.2) is 35.1 Å². The summed E-state index contributed by atoms with van der Waals surface area (Å²) in [5.41, 5.74) is 1.05.